The molecule has 0 aliphatic heterocycles. The van der Waals surface area contributed by atoms with Crippen molar-refractivity contribution in [2.24, 2.45) is 7.05 Å². The molecule has 0 spiro atoms. The first-order valence-corrected chi connectivity index (χ1v) is 7.29. The van der Waals surface area contributed by atoms with Crippen molar-refractivity contribution in [3.05, 3.63) is 48.3 Å². The van der Waals surface area contributed by atoms with E-state index in [-0.39, 0.29) is 11.9 Å². The van der Waals surface area contributed by atoms with Gasteiger partial charge in [-0.2, -0.15) is 0 Å². The molecule has 0 fully saturated rings. The normalized spacial score (nSPS) is 12.6. The Bertz CT molecular complexity index is 527. The van der Waals surface area contributed by atoms with Gasteiger partial charge in [0.05, 0.1) is 6.04 Å². The number of aromatic nitrogens is 2. The Labute approximate surface area is 117 Å². The third-order valence-corrected chi connectivity index (χ3v) is 4.00. The maximum atomic E-state index is 13.6. The molecule has 1 aromatic carbocycles. The highest BCUT2D eigenvalue weighted by molar-refractivity contribution is 7.99. The van der Waals surface area contributed by atoms with Gasteiger partial charge in [0.2, 0.25) is 0 Å². The standard InChI is InChI=1S/C14H18FN3S/c1-3-16-12(14-17-8-9-18(14)2)10-19-13-7-5-4-6-11(13)15/h4-9,12,16H,3,10H2,1-2H3. The summed E-state index contributed by atoms with van der Waals surface area (Å²) in [5, 5.41) is 3.39. The summed E-state index contributed by atoms with van der Waals surface area (Å²) in [5.41, 5.74) is 0. The Morgan fingerprint density at radius 2 is 2.21 bits per heavy atom. The average molecular weight is 279 g/mol. The number of imidazole rings is 1. The zero-order chi connectivity index (χ0) is 13.7. The summed E-state index contributed by atoms with van der Waals surface area (Å²) in [7, 11) is 1.97. The number of aryl methyl sites for hydroxylation is 1. The summed E-state index contributed by atoms with van der Waals surface area (Å²) in [6, 6.07) is 6.98. The van der Waals surface area contributed by atoms with E-state index in [9.17, 15) is 4.39 Å². The second-order valence-corrected chi connectivity index (χ2v) is 5.31. The van der Waals surface area contributed by atoms with Crippen molar-refractivity contribution in [3.8, 4) is 0 Å². The Balaban J connectivity index is 2.06. The molecule has 0 saturated heterocycles. The number of nitrogens with zero attached hydrogens (tertiary/aromatic N) is 2. The molecular weight excluding hydrogens is 261 g/mol. The molecule has 0 saturated carbocycles. The summed E-state index contributed by atoms with van der Waals surface area (Å²) < 4.78 is 15.6. The highest BCUT2D eigenvalue weighted by Gasteiger charge is 2.15. The van der Waals surface area contributed by atoms with Crippen molar-refractivity contribution in [1.82, 2.24) is 14.9 Å². The fourth-order valence-corrected chi connectivity index (χ4v) is 2.91. The Morgan fingerprint density at radius 1 is 1.42 bits per heavy atom. The van der Waals surface area contributed by atoms with Crippen LogP contribution in [0.25, 0.3) is 0 Å². The molecule has 0 aliphatic rings. The monoisotopic (exact) mass is 279 g/mol. The predicted molar refractivity (Wildman–Crippen MR) is 76.7 cm³/mol. The minimum atomic E-state index is -0.164. The molecule has 1 heterocycles. The summed E-state index contributed by atoms with van der Waals surface area (Å²) in [6.07, 6.45) is 3.71. The van der Waals surface area contributed by atoms with Crippen LogP contribution < -0.4 is 5.32 Å². The van der Waals surface area contributed by atoms with Gasteiger partial charge in [0.15, 0.2) is 0 Å². The number of hydrogen-bond donors (Lipinski definition) is 1. The molecule has 2 rings (SSSR count). The van der Waals surface area contributed by atoms with Crippen molar-refractivity contribution < 1.29 is 4.39 Å². The van der Waals surface area contributed by atoms with Crippen molar-refractivity contribution in [2.75, 3.05) is 12.3 Å². The van der Waals surface area contributed by atoms with Crippen molar-refractivity contribution in [1.29, 1.82) is 0 Å². The fraction of sp³-hybridized carbons (Fsp3) is 0.357. The molecule has 19 heavy (non-hydrogen) atoms. The zero-order valence-electron chi connectivity index (χ0n) is 11.1. The molecule has 1 aromatic heterocycles. The lowest BCUT2D eigenvalue weighted by Crippen LogP contribution is -2.25. The van der Waals surface area contributed by atoms with Crippen LogP contribution in [0.1, 0.15) is 18.8 Å². The van der Waals surface area contributed by atoms with Gasteiger partial charge in [-0.15, -0.1) is 11.8 Å². The minimum absolute atomic E-state index is 0.120. The third-order valence-electron chi connectivity index (χ3n) is 2.86. The topological polar surface area (TPSA) is 29.9 Å². The molecule has 0 aliphatic carbocycles. The van der Waals surface area contributed by atoms with Gasteiger partial charge >= 0.3 is 0 Å². The summed E-state index contributed by atoms with van der Waals surface area (Å²) in [4.78, 5) is 5.04. The van der Waals surface area contributed by atoms with Crippen LogP contribution in [0, 0.1) is 5.82 Å². The molecule has 1 N–H and O–H groups in total. The highest BCUT2D eigenvalue weighted by Crippen LogP contribution is 2.26. The molecule has 1 unspecified atom stereocenters. The van der Waals surface area contributed by atoms with Crippen LogP contribution in [0.4, 0.5) is 4.39 Å². The maximum Gasteiger partial charge on any atom is 0.136 e. The second-order valence-electron chi connectivity index (χ2n) is 4.25. The van der Waals surface area contributed by atoms with E-state index < -0.39 is 0 Å². The van der Waals surface area contributed by atoms with E-state index in [4.69, 9.17) is 0 Å². The van der Waals surface area contributed by atoms with E-state index in [0.717, 1.165) is 18.1 Å². The number of halogens is 1. The SMILES string of the molecule is CCNC(CSc1ccccc1F)c1nccn1C. The van der Waals surface area contributed by atoms with Gasteiger partial charge in [0, 0.05) is 30.1 Å². The summed E-state index contributed by atoms with van der Waals surface area (Å²) in [6.45, 7) is 2.92. The lowest BCUT2D eigenvalue weighted by atomic mass is 10.3. The van der Waals surface area contributed by atoms with Crippen molar-refractivity contribution in [3.63, 3.8) is 0 Å². The van der Waals surface area contributed by atoms with Crippen LogP contribution in [0.5, 0.6) is 0 Å². The molecule has 102 valence electrons. The van der Waals surface area contributed by atoms with Crippen molar-refractivity contribution in [2.45, 2.75) is 17.9 Å². The first-order valence-electron chi connectivity index (χ1n) is 6.30. The Kier molecular flexibility index (Phi) is 4.99. The lowest BCUT2D eigenvalue weighted by Gasteiger charge is -2.17. The fourth-order valence-electron chi connectivity index (χ4n) is 1.92. The first kappa shape index (κ1) is 14.1. The number of benzene rings is 1. The van der Waals surface area contributed by atoms with Crippen LogP contribution in [0.2, 0.25) is 0 Å². The van der Waals surface area contributed by atoms with Crippen LogP contribution in [0.15, 0.2) is 41.6 Å². The molecule has 0 amide bonds. The smallest absolute Gasteiger partial charge is 0.136 e. The molecular formula is C14H18FN3S. The zero-order valence-corrected chi connectivity index (χ0v) is 12.0. The van der Waals surface area contributed by atoms with E-state index in [1.54, 1.807) is 18.3 Å². The molecule has 3 nitrogen and oxygen atoms in total. The molecule has 1 atom stereocenters. The Hall–Kier alpha value is -1.33. The van der Waals surface area contributed by atoms with Gasteiger partial charge in [-0.1, -0.05) is 19.1 Å². The van der Waals surface area contributed by atoms with E-state index >= 15 is 0 Å². The largest absolute Gasteiger partial charge is 0.337 e. The first-order chi connectivity index (χ1) is 9.22. The van der Waals surface area contributed by atoms with Gasteiger partial charge < -0.3 is 9.88 Å². The van der Waals surface area contributed by atoms with E-state index in [2.05, 4.69) is 17.2 Å². The second kappa shape index (κ2) is 6.73. The molecule has 5 heteroatoms. The van der Waals surface area contributed by atoms with Gasteiger partial charge in [0.25, 0.3) is 0 Å². The van der Waals surface area contributed by atoms with Gasteiger partial charge in [-0.3, -0.25) is 0 Å². The number of nitrogens with one attached hydrogen (secondary N) is 1. The van der Waals surface area contributed by atoms with E-state index in [1.807, 2.05) is 23.9 Å². The quantitative estimate of drug-likeness (QED) is 0.824. The van der Waals surface area contributed by atoms with Crippen LogP contribution in [-0.4, -0.2) is 21.8 Å². The number of thioether (sulfide) groups is 1. The third kappa shape index (κ3) is 3.58. The van der Waals surface area contributed by atoms with Gasteiger partial charge in [0.1, 0.15) is 11.6 Å². The predicted octanol–water partition coefficient (Wildman–Crippen LogP) is 3.00. The summed E-state index contributed by atoms with van der Waals surface area (Å²) in [5.74, 6) is 1.56. The molecule has 0 radical (unpaired) electrons. The number of rotatable bonds is 6. The average Bonchev–Trinajstić information content (AvgIpc) is 2.82. The van der Waals surface area contributed by atoms with Crippen LogP contribution >= 0.6 is 11.8 Å². The Morgan fingerprint density at radius 3 is 2.84 bits per heavy atom. The molecule has 0 bridgehead atoms. The number of hydrogen-bond acceptors (Lipinski definition) is 3. The lowest BCUT2D eigenvalue weighted by molar-refractivity contribution is 0.554. The van der Waals surface area contributed by atoms with E-state index in [0.29, 0.717) is 4.90 Å². The minimum Gasteiger partial charge on any atom is -0.337 e. The van der Waals surface area contributed by atoms with Crippen LogP contribution in [0.3, 0.4) is 0 Å². The van der Waals surface area contributed by atoms with Gasteiger partial charge in [-0.05, 0) is 18.7 Å². The van der Waals surface area contributed by atoms with Crippen molar-refractivity contribution >= 4 is 11.8 Å². The van der Waals surface area contributed by atoms with E-state index in [1.165, 1.54) is 17.8 Å². The highest BCUT2D eigenvalue weighted by atomic mass is 32.2. The molecule has 2 aromatic rings. The van der Waals surface area contributed by atoms with Gasteiger partial charge in [-0.25, -0.2) is 9.37 Å². The van der Waals surface area contributed by atoms with Crippen LogP contribution in [-0.2, 0) is 7.05 Å². The maximum absolute atomic E-state index is 13.6. The summed E-state index contributed by atoms with van der Waals surface area (Å²) >= 11 is 1.51.